The number of halogens is 1. The molecule has 4 N–H and O–H groups in total. The fourth-order valence-corrected chi connectivity index (χ4v) is 2.61. The van der Waals surface area contributed by atoms with Crippen LogP contribution in [-0.4, -0.2) is 30.5 Å². The lowest BCUT2D eigenvalue weighted by molar-refractivity contribution is -0.125. The number of carbonyl (C=O) groups is 2. The first kappa shape index (κ1) is 21.3. The summed E-state index contributed by atoms with van der Waals surface area (Å²) in [5, 5.41) is 5.28. The SMILES string of the molecule is CC(C)[C@H](N)C(=O)NCC(=O)Nc1ccc(OC2CCCC2)cc1.Cl. The highest BCUT2D eigenvalue weighted by Gasteiger charge is 2.18. The first-order valence-corrected chi connectivity index (χ1v) is 8.55. The van der Waals surface area contributed by atoms with E-state index in [4.69, 9.17) is 10.5 Å². The molecule has 0 spiro atoms. The van der Waals surface area contributed by atoms with E-state index in [0.29, 0.717) is 11.8 Å². The Hall–Kier alpha value is -1.79. The third-order valence-electron chi connectivity index (χ3n) is 4.19. The molecule has 140 valence electrons. The van der Waals surface area contributed by atoms with E-state index in [1.165, 1.54) is 12.8 Å². The Labute approximate surface area is 155 Å². The zero-order valence-corrected chi connectivity index (χ0v) is 15.6. The number of rotatable bonds is 7. The van der Waals surface area contributed by atoms with Crippen molar-refractivity contribution in [2.75, 3.05) is 11.9 Å². The minimum absolute atomic E-state index is 0. The van der Waals surface area contributed by atoms with Gasteiger partial charge in [-0.25, -0.2) is 0 Å². The molecule has 0 unspecified atom stereocenters. The van der Waals surface area contributed by atoms with Crippen molar-refractivity contribution in [1.29, 1.82) is 0 Å². The standard InChI is InChI=1S/C18H27N3O3.ClH/c1-12(2)17(19)18(23)20-11-16(22)21-13-7-9-15(10-8-13)24-14-5-3-4-6-14;/h7-10,12,14,17H,3-6,11,19H2,1-2H3,(H,20,23)(H,21,22);1H/t17-;/m0./s1. The highest BCUT2D eigenvalue weighted by atomic mass is 35.5. The van der Waals surface area contributed by atoms with Crippen LogP contribution in [0.1, 0.15) is 39.5 Å². The van der Waals surface area contributed by atoms with E-state index in [1.54, 1.807) is 12.1 Å². The highest BCUT2D eigenvalue weighted by Crippen LogP contribution is 2.24. The average molecular weight is 370 g/mol. The molecule has 7 heteroatoms. The van der Waals surface area contributed by atoms with E-state index >= 15 is 0 Å². The third kappa shape index (κ3) is 6.92. The Balaban J connectivity index is 0.00000312. The van der Waals surface area contributed by atoms with Gasteiger partial charge in [-0.3, -0.25) is 9.59 Å². The molecule has 0 saturated heterocycles. The van der Waals surface area contributed by atoms with Crippen molar-refractivity contribution in [3.05, 3.63) is 24.3 Å². The van der Waals surface area contributed by atoms with Crippen molar-refractivity contribution in [1.82, 2.24) is 5.32 Å². The van der Waals surface area contributed by atoms with E-state index in [9.17, 15) is 9.59 Å². The van der Waals surface area contributed by atoms with Crippen molar-refractivity contribution in [2.24, 2.45) is 11.7 Å². The summed E-state index contributed by atoms with van der Waals surface area (Å²) >= 11 is 0. The minimum atomic E-state index is -0.607. The second kappa shape index (κ2) is 10.3. The molecule has 25 heavy (non-hydrogen) atoms. The summed E-state index contributed by atoms with van der Waals surface area (Å²) in [6.45, 7) is 3.62. The molecule has 1 fully saturated rings. The molecular weight excluding hydrogens is 342 g/mol. The van der Waals surface area contributed by atoms with Crippen LogP contribution in [0.25, 0.3) is 0 Å². The van der Waals surface area contributed by atoms with Crippen molar-refractivity contribution < 1.29 is 14.3 Å². The maximum absolute atomic E-state index is 11.9. The lowest BCUT2D eigenvalue weighted by Crippen LogP contribution is -2.46. The summed E-state index contributed by atoms with van der Waals surface area (Å²) in [5.74, 6) is 0.237. The van der Waals surface area contributed by atoms with Gasteiger partial charge in [0.2, 0.25) is 11.8 Å². The van der Waals surface area contributed by atoms with Gasteiger partial charge < -0.3 is 21.1 Å². The first-order valence-electron chi connectivity index (χ1n) is 8.55. The van der Waals surface area contributed by atoms with Crippen LogP contribution in [0.3, 0.4) is 0 Å². The molecule has 1 aliphatic carbocycles. The van der Waals surface area contributed by atoms with Crippen LogP contribution in [-0.2, 0) is 9.59 Å². The van der Waals surface area contributed by atoms with E-state index < -0.39 is 6.04 Å². The smallest absolute Gasteiger partial charge is 0.243 e. The molecule has 0 heterocycles. The fourth-order valence-electron chi connectivity index (χ4n) is 2.61. The topological polar surface area (TPSA) is 93.5 Å². The molecule has 0 aromatic heterocycles. The molecular formula is C18H28ClN3O3. The summed E-state index contributed by atoms with van der Waals surface area (Å²) in [5.41, 5.74) is 6.39. The highest BCUT2D eigenvalue weighted by molar-refractivity contribution is 5.95. The number of ether oxygens (including phenoxy) is 1. The zero-order chi connectivity index (χ0) is 17.5. The van der Waals surface area contributed by atoms with Crippen LogP contribution in [0, 0.1) is 5.92 Å². The number of nitrogens with one attached hydrogen (secondary N) is 2. The number of hydrogen-bond donors (Lipinski definition) is 3. The summed E-state index contributed by atoms with van der Waals surface area (Å²) in [6.07, 6.45) is 4.98. The Morgan fingerprint density at radius 2 is 1.80 bits per heavy atom. The second-order valence-corrected chi connectivity index (χ2v) is 6.58. The minimum Gasteiger partial charge on any atom is -0.490 e. The van der Waals surface area contributed by atoms with Crippen LogP contribution in [0.4, 0.5) is 5.69 Å². The van der Waals surface area contributed by atoms with Gasteiger partial charge in [0, 0.05) is 5.69 Å². The van der Waals surface area contributed by atoms with Gasteiger partial charge in [0.15, 0.2) is 0 Å². The largest absolute Gasteiger partial charge is 0.490 e. The predicted octanol–water partition coefficient (Wildman–Crippen LogP) is 2.47. The van der Waals surface area contributed by atoms with Gasteiger partial charge >= 0.3 is 0 Å². The number of hydrogen-bond acceptors (Lipinski definition) is 4. The summed E-state index contributed by atoms with van der Waals surface area (Å²) < 4.78 is 5.88. The Morgan fingerprint density at radius 1 is 1.20 bits per heavy atom. The van der Waals surface area contributed by atoms with Gasteiger partial charge in [-0.2, -0.15) is 0 Å². The van der Waals surface area contributed by atoms with Crippen molar-refractivity contribution >= 4 is 29.9 Å². The van der Waals surface area contributed by atoms with Gasteiger partial charge in [-0.05, 0) is 55.9 Å². The summed E-state index contributed by atoms with van der Waals surface area (Å²) in [4.78, 5) is 23.6. The number of anilines is 1. The lowest BCUT2D eigenvalue weighted by atomic mass is 10.1. The van der Waals surface area contributed by atoms with Gasteiger partial charge in [-0.1, -0.05) is 13.8 Å². The van der Waals surface area contributed by atoms with Crippen molar-refractivity contribution in [2.45, 2.75) is 51.7 Å². The maximum Gasteiger partial charge on any atom is 0.243 e. The number of nitrogens with two attached hydrogens (primary N) is 1. The van der Waals surface area contributed by atoms with E-state index in [2.05, 4.69) is 10.6 Å². The Bertz CT molecular complexity index is 557. The molecule has 0 aliphatic heterocycles. The number of carbonyl (C=O) groups excluding carboxylic acids is 2. The van der Waals surface area contributed by atoms with E-state index in [0.717, 1.165) is 18.6 Å². The molecule has 1 saturated carbocycles. The molecule has 1 atom stereocenters. The number of amides is 2. The van der Waals surface area contributed by atoms with Crippen LogP contribution >= 0.6 is 12.4 Å². The summed E-state index contributed by atoms with van der Waals surface area (Å²) in [6, 6.07) is 6.68. The quantitative estimate of drug-likeness (QED) is 0.688. The molecule has 1 aromatic rings. The van der Waals surface area contributed by atoms with Gasteiger partial charge in [0.05, 0.1) is 18.7 Å². The van der Waals surface area contributed by atoms with E-state index in [-0.39, 0.29) is 36.7 Å². The molecule has 1 aliphatic rings. The van der Waals surface area contributed by atoms with Crippen LogP contribution < -0.4 is 21.1 Å². The average Bonchev–Trinajstić information content (AvgIpc) is 3.06. The predicted molar refractivity (Wildman–Crippen MR) is 101 cm³/mol. The second-order valence-electron chi connectivity index (χ2n) is 6.58. The first-order chi connectivity index (χ1) is 11.5. The molecule has 0 radical (unpaired) electrons. The molecule has 1 aromatic carbocycles. The third-order valence-corrected chi connectivity index (χ3v) is 4.19. The monoisotopic (exact) mass is 369 g/mol. The van der Waals surface area contributed by atoms with Crippen LogP contribution in [0.5, 0.6) is 5.75 Å². The fraction of sp³-hybridized carbons (Fsp3) is 0.556. The molecule has 2 rings (SSSR count). The maximum atomic E-state index is 11.9. The Morgan fingerprint density at radius 3 is 2.36 bits per heavy atom. The van der Waals surface area contributed by atoms with E-state index in [1.807, 2.05) is 26.0 Å². The molecule has 0 bridgehead atoms. The van der Waals surface area contributed by atoms with Gasteiger partial charge in [0.25, 0.3) is 0 Å². The summed E-state index contributed by atoms with van der Waals surface area (Å²) in [7, 11) is 0. The van der Waals surface area contributed by atoms with Crippen LogP contribution in [0.2, 0.25) is 0 Å². The molecule has 2 amide bonds. The van der Waals surface area contributed by atoms with Crippen molar-refractivity contribution in [3.63, 3.8) is 0 Å². The zero-order valence-electron chi connectivity index (χ0n) is 14.8. The Kier molecular flexibility index (Phi) is 8.72. The van der Waals surface area contributed by atoms with Crippen LogP contribution in [0.15, 0.2) is 24.3 Å². The number of benzene rings is 1. The molecule has 6 nitrogen and oxygen atoms in total. The lowest BCUT2D eigenvalue weighted by Gasteiger charge is -2.15. The van der Waals surface area contributed by atoms with Crippen molar-refractivity contribution in [3.8, 4) is 5.75 Å². The normalized spacial score (nSPS) is 15.4. The van der Waals surface area contributed by atoms with Gasteiger partial charge in [0.1, 0.15) is 5.75 Å². The van der Waals surface area contributed by atoms with Gasteiger partial charge in [-0.15, -0.1) is 12.4 Å².